The molecule has 21 heavy (non-hydrogen) atoms. The van der Waals surface area contributed by atoms with Gasteiger partial charge in [-0.25, -0.2) is 13.1 Å². The molecule has 0 aliphatic rings. The van der Waals surface area contributed by atoms with Gasteiger partial charge in [0.05, 0.1) is 10.4 Å². The lowest BCUT2D eigenvalue weighted by Gasteiger charge is -2.13. The molecule has 0 aliphatic carbocycles. The molecule has 2 aromatic rings. The zero-order valence-electron chi connectivity index (χ0n) is 12.2. The van der Waals surface area contributed by atoms with Crippen molar-refractivity contribution in [1.29, 1.82) is 0 Å². The SMILES string of the molecule is Cc1ccc(S(=O)(=O)NCC(C)CCO)c2cccnc12. The second-order valence-electron chi connectivity index (χ2n) is 5.25. The second kappa shape index (κ2) is 6.51. The molecule has 1 heterocycles. The van der Waals surface area contributed by atoms with E-state index in [1.165, 1.54) is 0 Å². The lowest BCUT2D eigenvalue weighted by molar-refractivity contribution is 0.263. The highest BCUT2D eigenvalue weighted by atomic mass is 32.2. The van der Waals surface area contributed by atoms with E-state index in [1.807, 2.05) is 13.8 Å². The first-order valence-electron chi connectivity index (χ1n) is 6.90. The number of aromatic nitrogens is 1. The molecule has 0 fully saturated rings. The van der Waals surface area contributed by atoms with E-state index in [1.54, 1.807) is 30.5 Å². The number of aliphatic hydroxyl groups excluding tert-OH is 1. The van der Waals surface area contributed by atoms with Gasteiger partial charge in [-0.05, 0) is 43.0 Å². The van der Waals surface area contributed by atoms with Gasteiger partial charge in [0.15, 0.2) is 0 Å². The van der Waals surface area contributed by atoms with Crippen molar-refractivity contribution in [1.82, 2.24) is 9.71 Å². The molecule has 1 atom stereocenters. The van der Waals surface area contributed by atoms with Gasteiger partial charge in [0.1, 0.15) is 0 Å². The van der Waals surface area contributed by atoms with E-state index < -0.39 is 10.0 Å². The summed E-state index contributed by atoms with van der Waals surface area (Å²) in [5.74, 6) is 0.0830. The highest BCUT2D eigenvalue weighted by Crippen LogP contribution is 2.24. The molecule has 2 N–H and O–H groups in total. The number of benzene rings is 1. The number of sulfonamides is 1. The van der Waals surface area contributed by atoms with Gasteiger partial charge in [-0.15, -0.1) is 0 Å². The number of nitrogens with one attached hydrogen (secondary N) is 1. The first-order valence-corrected chi connectivity index (χ1v) is 8.39. The maximum absolute atomic E-state index is 12.5. The van der Waals surface area contributed by atoms with E-state index in [-0.39, 0.29) is 17.4 Å². The van der Waals surface area contributed by atoms with Crippen molar-refractivity contribution in [3.05, 3.63) is 36.0 Å². The number of nitrogens with zero attached hydrogens (tertiary/aromatic N) is 1. The van der Waals surface area contributed by atoms with Crippen LogP contribution in [0.3, 0.4) is 0 Å². The summed E-state index contributed by atoms with van der Waals surface area (Å²) in [4.78, 5) is 4.50. The zero-order chi connectivity index (χ0) is 15.5. The summed E-state index contributed by atoms with van der Waals surface area (Å²) in [6.45, 7) is 4.16. The summed E-state index contributed by atoms with van der Waals surface area (Å²) in [6.07, 6.45) is 2.22. The molecule has 5 nitrogen and oxygen atoms in total. The van der Waals surface area contributed by atoms with Crippen LogP contribution in [-0.4, -0.2) is 31.7 Å². The molecule has 0 saturated heterocycles. The minimum absolute atomic E-state index is 0.0558. The van der Waals surface area contributed by atoms with Crippen molar-refractivity contribution >= 4 is 20.9 Å². The molecule has 2 rings (SSSR count). The molecule has 1 aromatic carbocycles. The van der Waals surface area contributed by atoms with Crippen molar-refractivity contribution in [2.75, 3.05) is 13.2 Å². The van der Waals surface area contributed by atoms with Crippen LogP contribution in [0.4, 0.5) is 0 Å². The van der Waals surface area contributed by atoms with Crippen molar-refractivity contribution in [2.45, 2.75) is 25.2 Å². The van der Waals surface area contributed by atoms with Crippen molar-refractivity contribution in [2.24, 2.45) is 5.92 Å². The average Bonchev–Trinajstić information content (AvgIpc) is 2.46. The third-order valence-corrected chi connectivity index (χ3v) is 4.95. The molecule has 0 saturated carbocycles. The van der Waals surface area contributed by atoms with Crippen LogP contribution in [-0.2, 0) is 10.0 Å². The Morgan fingerprint density at radius 1 is 1.33 bits per heavy atom. The van der Waals surface area contributed by atoms with E-state index in [4.69, 9.17) is 5.11 Å². The quantitative estimate of drug-likeness (QED) is 0.853. The van der Waals surface area contributed by atoms with Gasteiger partial charge < -0.3 is 5.11 Å². The third-order valence-electron chi connectivity index (χ3n) is 3.46. The fourth-order valence-corrected chi connectivity index (χ4v) is 3.54. The number of hydrogen-bond acceptors (Lipinski definition) is 4. The van der Waals surface area contributed by atoms with Crippen molar-refractivity contribution in [3.63, 3.8) is 0 Å². The van der Waals surface area contributed by atoms with E-state index in [9.17, 15) is 8.42 Å². The van der Waals surface area contributed by atoms with Crippen LogP contribution in [0.15, 0.2) is 35.4 Å². The van der Waals surface area contributed by atoms with E-state index in [0.717, 1.165) is 5.56 Å². The highest BCUT2D eigenvalue weighted by molar-refractivity contribution is 7.89. The molecule has 0 aliphatic heterocycles. The largest absolute Gasteiger partial charge is 0.396 e. The van der Waals surface area contributed by atoms with Gasteiger partial charge in [-0.3, -0.25) is 4.98 Å². The number of aliphatic hydroxyl groups is 1. The molecule has 114 valence electrons. The Bertz CT molecular complexity index is 729. The maximum atomic E-state index is 12.5. The monoisotopic (exact) mass is 308 g/mol. The second-order valence-corrected chi connectivity index (χ2v) is 6.98. The first-order chi connectivity index (χ1) is 9.95. The Labute approximate surface area is 125 Å². The Hall–Kier alpha value is -1.50. The Balaban J connectivity index is 2.35. The predicted octanol–water partition coefficient (Wildman–Crippen LogP) is 1.84. The zero-order valence-corrected chi connectivity index (χ0v) is 13.0. The molecule has 0 spiro atoms. The number of hydrogen-bond donors (Lipinski definition) is 2. The molecule has 0 amide bonds. The molecular formula is C15H20N2O3S. The van der Waals surface area contributed by atoms with E-state index in [2.05, 4.69) is 9.71 Å². The summed E-state index contributed by atoms with van der Waals surface area (Å²) in [7, 11) is -3.59. The molecule has 1 aromatic heterocycles. The lowest BCUT2D eigenvalue weighted by Crippen LogP contribution is -2.29. The molecule has 6 heteroatoms. The number of rotatable bonds is 6. The standard InChI is InChI=1S/C15H20N2O3S/c1-11(7-9-18)10-17-21(19,20)14-6-5-12(2)15-13(14)4-3-8-16-15/h3-6,8,11,17-18H,7,9-10H2,1-2H3. The van der Waals surface area contributed by atoms with Crippen LogP contribution >= 0.6 is 0 Å². The Morgan fingerprint density at radius 3 is 2.81 bits per heavy atom. The van der Waals surface area contributed by atoms with Crippen LogP contribution in [0.5, 0.6) is 0 Å². The van der Waals surface area contributed by atoms with Gasteiger partial charge in [0, 0.05) is 24.7 Å². The highest BCUT2D eigenvalue weighted by Gasteiger charge is 2.19. The minimum Gasteiger partial charge on any atom is -0.396 e. The van der Waals surface area contributed by atoms with Crippen molar-refractivity contribution < 1.29 is 13.5 Å². The molecule has 0 bridgehead atoms. The average molecular weight is 308 g/mol. The van der Waals surface area contributed by atoms with Crippen LogP contribution in [0, 0.1) is 12.8 Å². The minimum atomic E-state index is -3.59. The van der Waals surface area contributed by atoms with Gasteiger partial charge in [0.2, 0.25) is 10.0 Å². The smallest absolute Gasteiger partial charge is 0.241 e. The lowest BCUT2D eigenvalue weighted by atomic mass is 10.1. The Kier molecular flexibility index (Phi) is 4.92. The first kappa shape index (κ1) is 15.9. The third kappa shape index (κ3) is 3.58. The Morgan fingerprint density at radius 2 is 2.10 bits per heavy atom. The van der Waals surface area contributed by atoms with Gasteiger partial charge in [-0.2, -0.15) is 0 Å². The van der Waals surface area contributed by atoms with Crippen LogP contribution in [0.2, 0.25) is 0 Å². The fourth-order valence-electron chi connectivity index (χ4n) is 2.17. The van der Waals surface area contributed by atoms with E-state index >= 15 is 0 Å². The number of pyridine rings is 1. The van der Waals surface area contributed by atoms with Crippen LogP contribution in [0.1, 0.15) is 18.9 Å². The normalized spacial score (nSPS) is 13.5. The van der Waals surface area contributed by atoms with Crippen molar-refractivity contribution in [3.8, 4) is 0 Å². The summed E-state index contributed by atoms with van der Waals surface area (Å²) in [6, 6.07) is 6.87. The van der Waals surface area contributed by atoms with E-state index in [0.29, 0.717) is 23.9 Å². The fraction of sp³-hybridized carbons (Fsp3) is 0.400. The molecule has 0 radical (unpaired) electrons. The maximum Gasteiger partial charge on any atom is 0.241 e. The summed E-state index contributed by atoms with van der Waals surface area (Å²) in [5, 5.41) is 9.49. The predicted molar refractivity (Wildman–Crippen MR) is 82.5 cm³/mol. The van der Waals surface area contributed by atoms with Crippen LogP contribution < -0.4 is 4.72 Å². The van der Waals surface area contributed by atoms with Crippen LogP contribution in [0.25, 0.3) is 10.9 Å². The number of aryl methyl sites for hydroxylation is 1. The van der Waals surface area contributed by atoms with Gasteiger partial charge >= 0.3 is 0 Å². The molecule has 1 unspecified atom stereocenters. The van der Waals surface area contributed by atoms with Gasteiger partial charge in [0.25, 0.3) is 0 Å². The summed E-state index contributed by atoms with van der Waals surface area (Å²) >= 11 is 0. The van der Waals surface area contributed by atoms with Gasteiger partial charge in [-0.1, -0.05) is 13.0 Å². The topological polar surface area (TPSA) is 79.3 Å². The summed E-state index contributed by atoms with van der Waals surface area (Å²) < 4.78 is 27.5. The summed E-state index contributed by atoms with van der Waals surface area (Å²) in [5.41, 5.74) is 1.64. The number of fused-ring (bicyclic) bond motifs is 1. The molecular weight excluding hydrogens is 288 g/mol.